The van der Waals surface area contributed by atoms with Crippen LogP contribution >= 0.6 is 11.6 Å². The zero-order valence-corrected chi connectivity index (χ0v) is 28.5. The average molecular weight is 669 g/mol. The van der Waals surface area contributed by atoms with Crippen LogP contribution in [0.5, 0.6) is 5.75 Å². The largest absolute Gasteiger partial charge is 0.489 e. The molecule has 2 saturated heterocycles. The second kappa shape index (κ2) is 13.2. The van der Waals surface area contributed by atoms with Gasteiger partial charge in [0.1, 0.15) is 23.7 Å². The van der Waals surface area contributed by atoms with Crippen LogP contribution in [0.15, 0.2) is 60.8 Å². The lowest BCUT2D eigenvalue weighted by atomic mass is 9.49. The molecule has 0 radical (unpaired) electrons. The second-order valence-electron chi connectivity index (χ2n) is 14.2. The first-order chi connectivity index (χ1) is 22.9. The molecule has 2 aliphatic heterocycles. The summed E-state index contributed by atoms with van der Waals surface area (Å²) in [6.45, 7) is 12.3. The smallest absolute Gasteiger partial charge is 0.253 e. The van der Waals surface area contributed by atoms with Crippen molar-refractivity contribution in [2.75, 3.05) is 31.1 Å². The summed E-state index contributed by atoms with van der Waals surface area (Å²) in [6, 6.07) is 18.7. The van der Waals surface area contributed by atoms with Gasteiger partial charge in [-0.15, -0.1) is 0 Å². The molecule has 0 spiro atoms. The third-order valence-corrected chi connectivity index (χ3v) is 10.5. The Kier molecular flexibility index (Phi) is 9.20. The molecule has 1 unspecified atom stereocenters. The van der Waals surface area contributed by atoms with E-state index in [0.717, 1.165) is 49.7 Å². The van der Waals surface area contributed by atoms with E-state index in [-0.39, 0.29) is 46.6 Å². The normalized spacial score (nSPS) is 23.4. The molecule has 1 aliphatic carbocycles. The highest BCUT2D eigenvalue weighted by Crippen LogP contribution is 2.55. The molecule has 3 aromatic rings. The van der Waals surface area contributed by atoms with E-state index < -0.39 is 0 Å². The van der Waals surface area contributed by atoms with Crippen molar-refractivity contribution in [1.29, 1.82) is 5.26 Å². The van der Waals surface area contributed by atoms with Crippen LogP contribution in [-0.4, -0.2) is 65.9 Å². The second-order valence-corrected chi connectivity index (χ2v) is 14.6. The minimum Gasteiger partial charge on any atom is -0.489 e. The number of piperazine rings is 1. The standard InChI is InChI=1S/C37H41ClN6O4/c1-36(2)34(37(3,4)35(36)48-26-11-9-23(20-39)29(38)19-26)42-32(46)24-10-13-30(40-21-24)44-17-15-43(16-18-44)22-25-7-5-6-8-27(25)28-12-14-31(45)41-33(28)47/h5-11,13,19,21,28,34-35H,12,14-18,22H2,1-4H3,(H,42,46)(H,41,45,47). The van der Waals surface area contributed by atoms with E-state index >= 15 is 0 Å². The lowest BCUT2D eigenvalue weighted by Crippen LogP contribution is -2.74. The number of rotatable bonds is 8. The Morgan fingerprint density at radius 3 is 2.44 bits per heavy atom. The fourth-order valence-electron chi connectivity index (χ4n) is 7.90. The maximum absolute atomic E-state index is 13.4. The lowest BCUT2D eigenvalue weighted by Gasteiger charge is -2.63. The van der Waals surface area contributed by atoms with Crippen LogP contribution in [0.25, 0.3) is 0 Å². The van der Waals surface area contributed by atoms with Crippen molar-refractivity contribution in [2.24, 2.45) is 10.8 Å². The predicted octanol–water partition coefficient (Wildman–Crippen LogP) is 5.06. The van der Waals surface area contributed by atoms with Gasteiger partial charge in [-0.05, 0) is 41.8 Å². The molecule has 1 aromatic heterocycles. The highest BCUT2D eigenvalue weighted by Gasteiger charge is 2.64. The molecule has 48 heavy (non-hydrogen) atoms. The highest BCUT2D eigenvalue weighted by molar-refractivity contribution is 6.31. The Labute approximate surface area is 286 Å². The van der Waals surface area contributed by atoms with Crippen LogP contribution in [0.1, 0.15) is 73.5 Å². The highest BCUT2D eigenvalue weighted by atomic mass is 35.5. The molecule has 3 amide bonds. The molecule has 3 fully saturated rings. The number of nitrogens with zero attached hydrogens (tertiary/aromatic N) is 4. The predicted molar refractivity (Wildman–Crippen MR) is 183 cm³/mol. The van der Waals surface area contributed by atoms with Gasteiger partial charge >= 0.3 is 0 Å². The molecule has 3 heterocycles. The number of hydrogen-bond acceptors (Lipinski definition) is 8. The van der Waals surface area contributed by atoms with E-state index in [4.69, 9.17) is 16.3 Å². The number of halogens is 1. The van der Waals surface area contributed by atoms with E-state index in [1.165, 1.54) is 0 Å². The van der Waals surface area contributed by atoms with Crippen LogP contribution in [0.4, 0.5) is 5.82 Å². The number of carbonyl (C=O) groups is 3. The van der Waals surface area contributed by atoms with Crippen LogP contribution in [0, 0.1) is 22.2 Å². The van der Waals surface area contributed by atoms with Gasteiger partial charge in [-0.3, -0.25) is 24.6 Å². The Hall–Kier alpha value is -4.46. The van der Waals surface area contributed by atoms with Crippen molar-refractivity contribution in [3.8, 4) is 11.8 Å². The number of carbonyl (C=O) groups excluding carboxylic acids is 3. The third-order valence-electron chi connectivity index (χ3n) is 10.2. The number of hydrogen-bond donors (Lipinski definition) is 2. The fourth-order valence-corrected chi connectivity index (χ4v) is 8.11. The van der Waals surface area contributed by atoms with Crippen molar-refractivity contribution >= 4 is 35.1 Å². The molecule has 11 heteroatoms. The number of imide groups is 1. The van der Waals surface area contributed by atoms with E-state index in [2.05, 4.69) is 65.2 Å². The summed E-state index contributed by atoms with van der Waals surface area (Å²) in [6.07, 6.45) is 2.35. The van der Waals surface area contributed by atoms with E-state index in [1.54, 1.807) is 24.4 Å². The molecule has 0 bridgehead atoms. The van der Waals surface area contributed by atoms with Gasteiger partial charge in [0.25, 0.3) is 5.91 Å². The Bertz CT molecular complexity index is 1740. The summed E-state index contributed by atoms with van der Waals surface area (Å²) in [4.78, 5) is 46.8. The first kappa shape index (κ1) is 33.4. The first-order valence-corrected chi connectivity index (χ1v) is 16.8. The molecule has 1 saturated carbocycles. The Morgan fingerprint density at radius 2 is 1.79 bits per heavy atom. The van der Waals surface area contributed by atoms with Crippen LogP contribution in [-0.2, 0) is 16.1 Å². The zero-order valence-electron chi connectivity index (χ0n) is 27.8. The number of aromatic nitrogens is 1. The van der Waals surface area contributed by atoms with Crippen LogP contribution < -0.4 is 20.3 Å². The van der Waals surface area contributed by atoms with Gasteiger partial charge in [-0.2, -0.15) is 5.26 Å². The van der Waals surface area contributed by atoms with Crippen molar-refractivity contribution in [3.05, 3.63) is 88.1 Å². The number of pyridine rings is 1. The number of benzene rings is 2. The van der Waals surface area contributed by atoms with Crippen molar-refractivity contribution in [2.45, 2.75) is 65.1 Å². The number of anilines is 1. The number of amides is 3. The minimum atomic E-state index is -0.366. The summed E-state index contributed by atoms with van der Waals surface area (Å²) in [5.74, 6) is 0.520. The van der Waals surface area contributed by atoms with Gasteiger partial charge in [-0.25, -0.2) is 4.98 Å². The van der Waals surface area contributed by atoms with Crippen molar-refractivity contribution in [1.82, 2.24) is 20.5 Å². The SMILES string of the molecule is CC1(C)C(NC(=O)c2ccc(N3CCN(Cc4ccccc4C4CCC(=O)NC4=O)CC3)nc2)C(C)(C)C1Oc1ccc(C#N)c(Cl)c1. The molecule has 250 valence electrons. The van der Waals surface area contributed by atoms with Gasteiger partial charge in [-0.1, -0.05) is 63.6 Å². The van der Waals surface area contributed by atoms with Gasteiger partial charge in [0.05, 0.1) is 22.1 Å². The Morgan fingerprint density at radius 1 is 1.06 bits per heavy atom. The summed E-state index contributed by atoms with van der Waals surface area (Å²) < 4.78 is 6.35. The summed E-state index contributed by atoms with van der Waals surface area (Å²) in [5.41, 5.74) is 2.27. The number of nitrogens with one attached hydrogen (secondary N) is 2. The molecule has 10 nitrogen and oxygen atoms in total. The molecular weight excluding hydrogens is 628 g/mol. The summed E-state index contributed by atoms with van der Waals surface area (Å²) in [7, 11) is 0. The van der Waals surface area contributed by atoms with Crippen molar-refractivity contribution in [3.63, 3.8) is 0 Å². The lowest BCUT2D eigenvalue weighted by molar-refractivity contribution is -0.164. The fraction of sp³-hybridized carbons (Fsp3) is 0.432. The van der Waals surface area contributed by atoms with Crippen LogP contribution in [0.3, 0.4) is 0 Å². The molecule has 3 aliphatic rings. The van der Waals surface area contributed by atoms with Gasteiger partial charge in [0.2, 0.25) is 11.8 Å². The number of piperidine rings is 1. The first-order valence-electron chi connectivity index (χ1n) is 16.4. The molecule has 6 rings (SSSR count). The topological polar surface area (TPSA) is 128 Å². The zero-order chi connectivity index (χ0) is 34.2. The molecule has 1 atom stereocenters. The maximum Gasteiger partial charge on any atom is 0.253 e. The van der Waals surface area contributed by atoms with E-state index in [1.807, 2.05) is 30.3 Å². The van der Waals surface area contributed by atoms with Crippen LogP contribution in [0.2, 0.25) is 5.02 Å². The van der Waals surface area contributed by atoms with Crippen molar-refractivity contribution < 1.29 is 19.1 Å². The van der Waals surface area contributed by atoms with Gasteiger partial charge < -0.3 is 15.0 Å². The molecule has 2 N–H and O–H groups in total. The number of ether oxygens (including phenoxy) is 1. The van der Waals surface area contributed by atoms with Gasteiger partial charge in [0, 0.05) is 68.3 Å². The summed E-state index contributed by atoms with van der Waals surface area (Å²) >= 11 is 6.23. The minimum absolute atomic E-state index is 0.149. The van der Waals surface area contributed by atoms with Gasteiger partial charge in [0.15, 0.2) is 0 Å². The molecule has 2 aromatic carbocycles. The number of nitriles is 1. The summed E-state index contributed by atoms with van der Waals surface area (Å²) in [5, 5.41) is 15.2. The third kappa shape index (κ3) is 6.49. The maximum atomic E-state index is 13.4. The van der Waals surface area contributed by atoms with E-state index in [9.17, 15) is 19.6 Å². The molecular formula is C37H41ClN6O4. The Balaban J connectivity index is 1.03. The average Bonchev–Trinajstić information content (AvgIpc) is 3.07. The van der Waals surface area contributed by atoms with E-state index in [0.29, 0.717) is 34.7 Å². The monoisotopic (exact) mass is 668 g/mol. The quantitative estimate of drug-likeness (QED) is 0.319.